The van der Waals surface area contributed by atoms with Crippen LogP contribution in [0.25, 0.3) is 0 Å². The predicted molar refractivity (Wildman–Crippen MR) is 100 cm³/mol. The zero-order valence-electron chi connectivity index (χ0n) is 17.0. The second-order valence-corrected chi connectivity index (χ2v) is 7.55. The van der Waals surface area contributed by atoms with Crippen molar-refractivity contribution in [3.05, 3.63) is 30.3 Å². The van der Waals surface area contributed by atoms with Gasteiger partial charge in [-0.2, -0.15) is 26.3 Å². The highest BCUT2D eigenvalue weighted by Gasteiger charge is 2.57. The summed E-state index contributed by atoms with van der Waals surface area (Å²) in [6.07, 6.45) is -12.5. The molecule has 0 aliphatic carbocycles. The van der Waals surface area contributed by atoms with Crippen LogP contribution in [0.5, 0.6) is 0 Å². The first-order valence-electron chi connectivity index (χ1n) is 9.82. The number of nitrogens with zero attached hydrogens (tertiary/aromatic N) is 2. The van der Waals surface area contributed by atoms with E-state index in [1.807, 2.05) is 0 Å². The van der Waals surface area contributed by atoms with Crippen LogP contribution in [-0.2, 0) is 19.1 Å². The van der Waals surface area contributed by atoms with Gasteiger partial charge >= 0.3 is 18.3 Å². The molecule has 8 nitrogen and oxygen atoms in total. The van der Waals surface area contributed by atoms with E-state index in [-0.39, 0.29) is 12.8 Å². The van der Waals surface area contributed by atoms with E-state index in [1.165, 1.54) is 5.32 Å². The molecule has 0 aromatic heterocycles. The monoisotopic (exact) mass is 482 g/mol. The summed E-state index contributed by atoms with van der Waals surface area (Å²) in [5.41, 5.74) is -0.772. The smallest absolute Gasteiger partial charge is 0.425 e. The second-order valence-electron chi connectivity index (χ2n) is 7.55. The van der Waals surface area contributed by atoms with Gasteiger partial charge in [-0.25, -0.2) is 4.79 Å². The zero-order valence-corrected chi connectivity index (χ0v) is 17.0. The number of hydrogen-bond donors (Lipinski definition) is 2. The molecule has 1 unspecified atom stereocenters. The van der Waals surface area contributed by atoms with E-state index >= 15 is 0 Å². The Bertz CT molecular complexity index is 887. The predicted octanol–water partition coefficient (Wildman–Crippen LogP) is 1.52. The minimum atomic E-state index is -5.53. The van der Waals surface area contributed by atoms with Crippen molar-refractivity contribution in [3.8, 4) is 0 Å². The standard InChI is InChI=1S/C19H20F6N4O4/c20-18(21,22)10-27-13(30)14(33-16(32)19(23,24)25)28-11-29(12-4-2-1-3-5-12)17(15(28)31)6-8-26-9-7-17/h1-5,14,26H,6-11H2,(H,27,30). The van der Waals surface area contributed by atoms with Crippen LogP contribution in [0.15, 0.2) is 30.3 Å². The summed E-state index contributed by atoms with van der Waals surface area (Å²) in [7, 11) is 0. The number of nitrogens with one attached hydrogen (secondary N) is 2. The van der Waals surface area contributed by atoms with Crippen LogP contribution < -0.4 is 15.5 Å². The molecular weight excluding hydrogens is 462 g/mol. The maximum absolute atomic E-state index is 13.4. The van der Waals surface area contributed by atoms with E-state index in [0.717, 1.165) is 0 Å². The van der Waals surface area contributed by atoms with Gasteiger partial charge in [-0.3, -0.25) is 14.5 Å². The number of halogens is 6. The van der Waals surface area contributed by atoms with Crippen molar-refractivity contribution >= 4 is 23.5 Å². The summed E-state index contributed by atoms with van der Waals surface area (Å²) in [6.45, 7) is -1.62. The van der Waals surface area contributed by atoms with Gasteiger partial charge in [0.15, 0.2) is 0 Å². The van der Waals surface area contributed by atoms with Gasteiger partial charge in [0.1, 0.15) is 12.1 Å². The summed E-state index contributed by atoms with van der Waals surface area (Å²) < 4.78 is 80.3. The molecule has 2 aliphatic heterocycles. The quantitative estimate of drug-likeness (QED) is 0.489. The number of anilines is 1. The summed E-state index contributed by atoms with van der Waals surface area (Å²) in [5, 5.41) is 4.44. The van der Waals surface area contributed by atoms with Crippen LogP contribution in [0, 0.1) is 0 Å². The number of benzene rings is 1. The van der Waals surface area contributed by atoms with Crippen molar-refractivity contribution in [1.82, 2.24) is 15.5 Å². The Morgan fingerprint density at radius 3 is 2.24 bits per heavy atom. The molecule has 1 aromatic rings. The molecule has 14 heteroatoms. The molecule has 2 aliphatic rings. The lowest BCUT2D eigenvalue weighted by molar-refractivity contribution is -0.213. The molecular formula is C19H20F6N4O4. The SMILES string of the molecule is O=C(NCC(F)(F)F)C(OC(=O)C(F)(F)F)N1CN(c2ccccc2)C2(CCNCC2)C1=O. The number of amides is 2. The number of rotatable bonds is 5. The Kier molecular flexibility index (Phi) is 6.77. The van der Waals surface area contributed by atoms with Crippen molar-refractivity contribution in [3.63, 3.8) is 0 Å². The first kappa shape index (κ1) is 24.6. The Balaban J connectivity index is 1.96. The van der Waals surface area contributed by atoms with Crippen LogP contribution in [0.3, 0.4) is 0 Å². The summed E-state index contributed by atoms with van der Waals surface area (Å²) >= 11 is 0. The Hall–Kier alpha value is -3.03. The topological polar surface area (TPSA) is 91.0 Å². The fraction of sp³-hybridized carbons (Fsp3) is 0.526. The lowest BCUT2D eigenvalue weighted by Crippen LogP contribution is -2.57. The zero-order chi connectivity index (χ0) is 24.4. The van der Waals surface area contributed by atoms with Gasteiger partial charge in [0.05, 0.1) is 6.67 Å². The molecule has 0 saturated carbocycles. The third-order valence-electron chi connectivity index (χ3n) is 5.39. The molecule has 1 atom stereocenters. The number of piperidine rings is 1. The molecule has 1 spiro atoms. The van der Waals surface area contributed by atoms with Crippen LogP contribution >= 0.6 is 0 Å². The van der Waals surface area contributed by atoms with E-state index in [9.17, 15) is 40.7 Å². The van der Waals surface area contributed by atoms with Crippen molar-refractivity contribution in [2.24, 2.45) is 0 Å². The molecule has 2 heterocycles. The molecule has 3 rings (SSSR count). The number of para-hydroxylation sites is 1. The molecule has 0 radical (unpaired) electrons. The molecule has 33 heavy (non-hydrogen) atoms. The Morgan fingerprint density at radius 2 is 1.70 bits per heavy atom. The maximum Gasteiger partial charge on any atom is 0.491 e. The van der Waals surface area contributed by atoms with Crippen LogP contribution in [-0.4, -0.2) is 73.1 Å². The molecule has 1 aromatic carbocycles. The summed E-state index contributed by atoms with van der Waals surface area (Å²) in [5.74, 6) is -5.33. The first-order chi connectivity index (χ1) is 15.3. The lowest BCUT2D eigenvalue weighted by atomic mass is 9.86. The van der Waals surface area contributed by atoms with Crippen LogP contribution in [0.1, 0.15) is 12.8 Å². The minimum Gasteiger partial charge on any atom is -0.425 e. The third-order valence-corrected chi connectivity index (χ3v) is 5.39. The van der Waals surface area contributed by atoms with Crippen molar-refractivity contribution in [2.45, 2.75) is 37.0 Å². The van der Waals surface area contributed by atoms with Crippen molar-refractivity contribution in [2.75, 3.05) is 31.2 Å². The number of hydrogen-bond acceptors (Lipinski definition) is 6. The van der Waals surface area contributed by atoms with Gasteiger partial charge in [0.2, 0.25) is 0 Å². The fourth-order valence-corrected chi connectivity index (χ4v) is 3.88. The molecule has 2 saturated heterocycles. The molecule has 2 fully saturated rings. The highest BCUT2D eigenvalue weighted by Crippen LogP contribution is 2.39. The molecule has 182 valence electrons. The van der Waals surface area contributed by atoms with Crippen LogP contribution in [0.4, 0.5) is 32.0 Å². The van der Waals surface area contributed by atoms with Crippen LogP contribution in [0.2, 0.25) is 0 Å². The maximum atomic E-state index is 13.4. The van der Waals surface area contributed by atoms with E-state index in [4.69, 9.17) is 0 Å². The minimum absolute atomic E-state index is 0.210. The summed E-state index contributed by atoms with van der Waals surface area (Å²) in [6, 6.07) is 8.30. The molecule has 2 amide bonds. The van der Waals surface area contributed by atoms with E-state index in [2.05, 4.69) is 10.1 Å². The van der Waals surface area contributed by atoms with Gasteiger partial charge in [0, 0.05) is 5.69 Å². The van der Waals surface area contributed by atoms with Crippen molar-refractivity contribution < 1.29 is 45.5 Å². The van der Waals surface area contributed by atoms with Gasteiger partial charge in [0.25, 0.3) is 18.0 Å². The molecule has 2 N–H and O–H groups in total. The summed E-state index contributed by atoms with van der Waals surface area (Å²) in [4.78, 5) is 39.4. The number of carbonyl (C=O) groups is 3. The fourth-order valence-electron chi connectivity index (χ4n) is 3.88. The first-order valence-corrected chi connectivity index (χ1v) is 9.82. The highest BCUT2D eigenvalue weighted by atomic mass is 19.4. The Morgan fingerprint density at radius 1 is 1.09 bits per heavy atom. The van der Waals surface area contributed by atoms with E-state index < -0.39 is 55.1 Å². The van der Waals surface area contributed by atoms with E-state index in [0.29, 0.717) is 23.7 Å². The number of esters is 1. The number of carbonyl (C=O) groups excluding carboxylic acids is 3. The average molecular weight is 482 g/mol. The second kappa shape index (κ2) is 9.08. The Labute approximate surface area is 183 Å². The third kappa shape index (κ3) is 5.31. The van der Waals surface area contributed by atoms with E-state index in [1.54, 1.807) is 35.2 Å². The van der Waals surface area contributed by atoms with Crippen molar-refractivity contribution in [1.29, 1.82) is 0 Å². The number of alkyl halides is 6. The van der Waals surface area contributed by atoms with Gasteiger partial charge in [-0.05, 0) is 38.1 Å². The van der Waals surface area contributed by atoms with Gasteiger partial charge < -0.3 is 20.3 Å². The molecule has 0 bridgehead atoms. The number of ether oxygens (including phenoxy) is 1. The average Bonchev–Trinajstić information content (AvgIpc) is 3.02. The largest absolute Gasteiger partial charge is 0.491 e. The normalized spacial score (nSPS) is 19.5. The highest BCUT2D eigenvalue weighted by molar-refractivity contribution is 5.97. The lowest BCUT2D eigenvalue weighted by Gasteiger charge is -2.40. The van der Waals surface area contributed by atoms with Gasteiger partial charge in [-0.1, -0.05) is 18.2 Å². The van der Waals surface area contributed by atoms with Gasteiger partial charge in [-0.15, -0.1) is 0 Å².